The van der Waals surface area contributed by atoms with Gasteiger partial charge in [-0.15, -0.1) is 0 Å². The molecule has 0 fully saturated rings. The second-order valence-corrected chi connectivity index (χ2v) is 10.0. The lowest BCUT2D eigenvalue weighted by molar-refractivity contribution is 0.102. The van der Waals surface area contributed by atoms with E-state index in [0.29, 0.717) is 11.6 Å². The maximum atomic E-state index is 13.1. The summed E-state index contributed by atoms with van der Waals surface area (Å²) in [5, 5.41) is 3.70. The monoisotopic (exact) mass is 449 g/mol. The number of hydrogen-bond donors (Lipinski definition) is 2. The first-order valence-corrected chi connectivity index (χ1v) is 12.1. The summed E-state index contributed by atoms with van der Waals surface area (Å²) in [5.74, 6) is 0.0972. The Hall–Kier alpha value is -3.32. The van der Waals surface area contributed by atoms with E-state index in [0.717, 1.165) is 32.6 Å². The Morgan fingerprint density at radius 3 is 2.50 bits per heavy atom. The smallest absolute Gasteiger partial charge is 0.267 e. The largest absolute Gasteiger partial charge is 0.358 e. The molecule has 0 bridgehead atoms. The van der Waals surface area contributed by atoms with Gasteiger partial charge in [0.25, 0.3) is 15.9 Å². The Labute approximate surface area is 188 Å². The number of nitrogens with zero attached hydrogens (tertiary/aromatic N) is 1. The van der Waals surface area contributed by atoms with Gasteiger partial charge >= 0.3 is 0 Å². The number of nitrogens with one attached hydrogen (secondary N) is 2. The fraction of sp³-hybridized carbons (Fsp3) is 0.240. The number of carbonyl (C=O) groups is 1. The molecule has 0 saturated heterocycles. The molecule has 32 heavy (non-hydrogen) atoms. The van der Waals surface area contributed by atoms with Crippen molar-refractivity contribution in [3.8, 4) is 0 Å². The van der Waals surface area contributed by atoms with Gasteiger partial charge in [0.05, 0.1) is 10.5 Å². The summed E-state index contributed by atoms with van der Waals surface area (Å²) < 4.78 is 27.4. The van der Waals surface area contributed by atoms with E-state index < -0.39 is 10.0 Å². The first kappa shape index (κ1) is 21.9. The van der Waals surface area contributed by atoms with E-state index in [4.69, 9.17) is 0 Å². The van der Waals surface area contributed by atoms with Crippen LogP contribution in [0.2, 0.25) is 0 Å². The molecule has 1 unspecified atom stereocenters. The standard InChI is InChI=1S/C25H27N3O3S/c1-5-16(2)19-6-8-21(9-7-19)27-25(29)20-12-13-28(15-20)32(30,31)22-10-11-24-23(14-22)17(3)18(4)26-24/h6-16,26H,5H2,1-4H3,(H,27,29). The zero-order valence-electron chi connectivity index (χ0n) is 18.6. The number of H-pyrrole nitrogens is 1. The summed E-state index contributed by atoms with van der Waals surface area (Å²) in [6.45, 7) is 8.21. The van der Waals surface area contributed by atoms with Crippen molar-refractivity contribution in [3.63, 3.8) is 0 Å². The van der Waals surface area contributed by atoms with Crippen molar-refractivity contribution in [2.24, 2.45) is 0 Å². The normalized spacial score (nSPS) is 12.8. The van der Waals surface area contributed by atoms with Crippen molar-refractivity contribution in [1.82, 2.24) is 8.96 Å². The number of rotatable bonds is 6. The van der Waals surface area contributed by atoms with Crippen LogP contribution < -0.4 is 5.32 Å². The number of fused-ring (bicyclic) bond motifs is 1. The van der Waals surface area contributed by atoms with Gasteiger partial charge in [-0.1, -0.05) is 26.0 Å². The van der Waals surface area contributed by atoms with Crippen LogP contribution in [0.15, 0.2) is 65.8 Å². The molecule has 1 amide bonds. The fourth-order valence-corrected chi connectivity index (χ4v) is 4.94. The zero-order valence-corrected chi connectivity index (χ0v) is 19.5. The lowest BCUT2D eigenvalue weighted by atomic mass is 9.99. The Morgan fingerprint density at radius 2 is 1.81 bits per heavy atom. The van der Waals surface area contributed by atoms with E-state index >= 15 is 0 Å². The van der Waals surface area contributed by atoms with Gasteiger partial charge in [0, 0.05) is 34.7 Å². The first-order chi connectivity index (χ1) is 15.2. The maximum absolute atomic E-state index is 13.1. The molecule has 1 atom stereocenters. The lowest BCUT2D eigenvalue weighted by Gasteiger charge is -2.10. The first-order valence-electron chi connectivity index (χ1n) is 10.6. The molecular formula is C25H27N3O3S. The van der Waals surface area contributed by atoms with Crippen LogP contribution in [0.25, 0.3) is 10.9 Å². The van der Waals surface area contributed by atoms with E-state index in [-0.39, 0.29) is 16.4 Å². The predicted molar refractivity (Wildman–Crippen MR) is 128 cm³/mol. The molecule has 7 heteroatoms. The maximum Gasteiger partial charge on any atom is 0.267 e. The number of aromatic amines is 1. The van der Waals surface area contributed by atoms with Crippen molar-refractivity contribution < 1.29 is 13.2 Å². The molecule has 2 N–H and O–H groups in total. The molecule has 166 valence electrons. The molecule has 0 radical (unpaired) electrons. The van der Waals surface area contributed by atoms with Crippen LogP contribution in [0.3, 0.4) is 0 Å². The molecule has 6 nitrogen and oxygen atoms in total. The topological polar surface area (TPSA) is 84.0 Å². The van der Waals surface area contributed by atoms with Gasteiger partial charge in [-0.25, -0.2) is 12.4 Å². The molecule has 0 aliphatic heterocycles. The van der Waals surface area contributed by atoms with Crippen LogP contribution in [0.1, 0.15) is 53.4 Å². The molecule has 0 spiro atoms. The van der Waals surface area contributed by atoms with Gasteiger partial charge in [-0.05, 0) is 73.7 Å². The summed E-state index contributed by atoms with van der Waals surface area (Å²) in [4.78, 5) is 16.1. The molecule has 4 aromatic rings. The minimum Gasteiger partial charge on any atom is -0.358 e. The van der Waals surface area contributed by atoms with Gasteiger partial charge < -0.3 is 10.3 Å². The quantitative estimate of drug-likeness (QED) is 0.402. The van der Waals surface area contributed by atoms with E-state index in [1.165, 1.54) is 24.0 Å². The highest BCUT2D eigenvalue weighted by atomic mass is 32.2. The second kappa shape index (κ2) is 8.31. The third-order valence-electron chi connectivity index (χ3n) is 6.13. The van der Waals surface area contributed by atoms with Gasteiger partial charge in [-0.2, -0.15) is 0 Å². The number of carbonyl (C=O) groups excluding carboxylic acids is 1. The minimum atomic E-state index is -3.82. The minimum absolute atomic E-state index is 0.176. The van der Waals surface area contributed by atoms with Crippen LogP contribution in [-0.2, 0) is 10.0 Å². The van der Waals surface area contributed by atoms with Crippen LogP contribution >= 0.6 is 0 Å². The Balaban J connectivity index is 1.56. The highest BCUT2D eigenvalue weighted by Gasteiger charge is 2.20. The Bertz CT molecular complexity index is 1400. The predicted octanol–water partition coefficient (Wildman–Crippen LogP) is 5.59. The molecule has 0 aliphatic carbocycles. The SMILES string of the molecule is CCC(C)c1ccc(NC(=O)c2ccn(S(=O)(=O)c3ccc4[nH]c(C)c(C)c4c3)c2)cc1. The fourth-order valence-electron chi connectivity index (χ4n) is 3.72. The number of amides is 1. The molecule has 0 saturated carbocycles. The molecule has 2 aromatic heterocycles. The van der Waals surface area contributed by atoms with Gasteiger partial charge in [-0.3, -0.25) is 4.79 Å². The van der Waals surface area contributed by atoms with Crippen molar-refractivity contribution in [2.75, 3.05) is 5.32 Å². The molecular weight excluding hydrogens is 422 g/mol. The highest BCUT2D eigenvalue weighted by molar-refractivity contribution is 7.90. The van der Waals surface area contributed by atoms with Crippen LogP contribution in [0, 0.1) is 13.8 Å². The second-order valence-electron chi connectivity index (χ2n) is 8.20. The Kier molecular flexibility index (Phi) is 5.69. The summed E-state index contributed by atoms with van der Waals surface area (Å²) >= 11 is 0. The molecule has 0 aliphatic rings. The lowest BCUT2D eigenvalue weighted by Crippen LogP contribution is -2.13. The Morgan fingerprint density at radius 1 is 1.09 bits per heavy atom. The summed E-state index contributed by atoms with van der Waals surface area (Å²) in [6, 6.07) is 14.2. The summed E-state index contributed by atoms with van der Waals surface area (Å²) in [5.41, 5.74) is 5.07. The van der Waals surface area contributed by atoms with E-state index in [9.17, 15) is 13.2 Å². The molecule has 2 heterocycles. The van der Waals surface area contributed by atoms with E-state index in [2.05, 4.69) is 24.1 Å². The number of hydrogen-bond acceptors (Lipinski definition) is 3. The third kappa shape index (κ3) is 3.96. The van der Waals surface area contributed by atoms with Crippen LogP contribution in [0.5, 0.6) is 0 Å². The van der Waals surface area contributed by atoms with Gasteiger partial charge in [0.15, 0.2) is 0 Å². The number of aryl methyl sites for hydroxylation is 2. The van der Waals surface area contributed by atoms with Crippen LogP contribution in [0.4, 0.5) is 5.69 Å². The zero-order chi connectivity index (χ0) is 23.0. The van der Waals surface area contributed by atoms with Crippen LogP contribution in [-0.4, -0.2) is 23.3 Å². The van der Waals surface area contributed by atoms with Gasteiger partial charge in [0.2, 0.25) is 0 Å². The number of benzene rings is 2. The summed E-state index contributed by atoms with van der Waals surface area (Å²) in [7, 11) is -3.82. The highest BCUT2D eigenvalue weighted by Crippen LogP contribution is 2.26. The van der Waals surface area contributed by atoms with E-state index in [1.54, 1.807) is 18.2 Å². The average molecular weight is 450 g/mol. The third-order valence-corrected chi connectivity index (χ3v) is 7.77. The van der Waals surface area contributed by atoms with Gasteiger partial charge in [0.1, 0.15) is 0 Å². The number of anilines is 1. The summed E-state index contributed by atoms with van der Waals surface area (Å²) in [6.07, 6.45) is 3.79. The van der Waals surface area contributed by atoms with E-state index in [1.807, 2.05) is 38.1 Å². The van der Waals surface area contributed by atoms with Crippen molar-refractivity contribution in [3.05, 3.63) is 83.3 Å². The molecule has 4 rings (SSSR count). The average Bonchev–Trinajstić information content (AvgIpc) is 3.39. The molecule has 2 aromatic carbocycles. The van der Waals surface area contributed by atoms with Crippen molar-refractivity contribution in [2.45, 2.75) is 44.9 Å². The van der Waals surface area contributed by atoms with Crippen molar-refractivity contribution >= 4 is 32.5 Å². The van der Waals surface area contributed by atoms with Crippen molar-refractivity contribution in [1.29, 1.82) is 0 Å². The number of aromatic nitrogens is 2.